The maximum absolute atomic E-state index is 11.9. The average Bonchev–Trinajstić information content (AvgIpc) is 1.61. The van der Waals surface area contributed by atoms with E-state index in [1.165, 1.54) is 127 Å². The molecule has 0 radical (unpaired) electrons. The summed E-state index contributed by atoms with van der Waals surface area (Å²) in [5.41, 5.74) is 15.0. The summed E-state index contributed by atoms with van der Waals surface area (Å²) >= 11 is 0. The molecule has 4 unspecified atom stereocenters. The molecule has 95 heavy (non-hydrogen) atoms. The third-order valence-corrected chi connectivity index (χ3v) is 19.0. The van der Waals surface area contributed by atoms with Gasteiger partial charge in [-0.15, -0.1) is 0 Å². The van der Waals surface area contributed by atoms with Crippen molar-refractivity contribution in [3.05, 3.63) is 53.4 Å². The highest BCUT2D eigenvalue weighted by Gasteiger charge is 2.49. The van der Waals surface area contributed by atoms with Gasteiger partial charge in [-0.2, -0.15) is 0 Å². The van der Waals surface area contributed by atoms with Crippen LogP contribution in [0.25, 0.3) is 10.9 Å². The number of amides is 2. The van der Waals surface area contributed by atoms with E-state index in [0.717, 1.165) is 62.5 Å². The number of likely N-dealkylation sites (tertiary alicyclic amines) is 2. The summed E-state index contributed by atoms with van der Waals surface area (Å²) in [6, 6.07) is 7.96. The number of hydrogen-bond acceptors (Lipinski definition) is 18. The molecule has 1 aliphatic carbocycles. The van der Waals surface area contributed by atoms with Gasteiger partial charge in [0.25, 0.3) is 6.47 Å². The Kier molecular flexibility index (Phi) is 38.6. The molecule has 7 rings (SSSR count). The lowest BCUT2D eigenvalue weighted by Crippen LogP contribution is -2.65. The molecule has 1 aromatic carbocycles. The molecule has 5 fully saturated rings. The summed E-state index contributed by atoms with van der Waals surface area (Å²) in [7, 11) is 1.58. The maximum atomic E-state index is 11.9. The first kappa shape index (κ1) is 84.9. The number of aliphatic hydroxyl groups is 4. The zero-order chi connectivity index (χ0) is 70.9. The van der Waals surface area contributed by atoms with Crippen LogP contribution in [0.4, 0.5) is 5.69 Å². The number of unbranched alkanes of at least 4 members (excludes halogenated alkanes) is 3. The molecule has 21 heteroatoms. The maximum Gasteiger partial charge on any atom is 0.307 e. The van der Waals surface area contributed by atoms with Crippen LogP contribution in [-0.2, 0) is 52.1 Å². The van der Waals surface area contributed by atoms with Gasteiger partial charge < -0.3 is 59.8 Å². The Labute approximate surface area is 573 Å². The van der Waals surface area contributed by atoms with E-state index in [-0.39, 0.29) is 37.0 Å². The molecular formula is C74H134N10O11. The number of carbonyl (C=O) groups is 3. The molecule has 5 heterocycles. The molecule has 546 valence electrons. The summed E-state index contributed by atoms with van der Waals surface area (Å²) in [5, 5.41) is 44.2. The van der Waals surface area contributed by atoms with Crippen LogP contribution in [0.2, 0.25) is 0 Å². The van der Waals surface area contributed by atoms with Crippen molar-refractivity contribution < 1.29 is 53.8 Å². The number of aromatic nitrogens is 1. The number of primary amides is 1. The van der Waals surface area contributed by atoms with Gasteiger partial charge in [-0.05, 0) is 173 Å². The number of nitrogens with two attached hydrogens (primary N) is 1. The molecule has 4 saturated heterocycles. The van der Waals surface area contributed by atoms with Gasteiger partial charge in [0, 0.05) is 104 Å². The van der Waals surface area contributed by atoms with Crippen LogP contribution >= 0.6 is 0 Å². The highest BCUT2D eigenvalue weighted by molar-refractivity contribution is 5.89. The minimum atomic E-state index is -3.08. The Morgan fingerprint density at radius 1 is 0.895 bits per heavy atom. The minimum Gasteiger partial charge on any atom is -0.467 e. The van der Waals surface area contributed by atoms with Crippen LogP contribution in [-0.4, -0.2) is 217 Å². The number of nitrogens with zero attached hydrogens (tertiary/aromatic N) is 7. The highest BCUT2D eigenvalue weighted by Crippen LogP contribution is 2.41. The number of hydrazine groups is 1. The molecule has 2 aromatic rings. The minimum absolute atomic E-state index is 0.114. The summed E-state index contributed by atoms with van der Waals surface area (Å²) < 4.78 is 22.3. The first-order valence-corrected chi connectivity index (χ1v) is 36.3. The van der Waals surface area contributed by atoms with Crippen LogP contribution < -0.4 is 21.5 Å². The summed E-state index contributed by atoms with van der Waals surface area (Å²) in [6.07, 6.45) is 22.2. The van der Waals surface area contributed by atoms with E-state index in [9.17, 15) is 34.8 Å². The SMILES string of the molecule is C=C(N=C/C(C)=C\Cc1c(CC(C)(C)COC=O)c2cc(N3CCOCC3)ccc2n1C(O)(O)C(C)(O)O)C(C)OC.CC.CC(CCCCCN1CC2(COC2)C1)NNC=O.CCCCN(CC1CCCN1C(C(N)=O)C(C)C)C(CC)CC.CCCN(CCC)C1CC1. The second-order valence-electron chi connectivity index (χ2n) is 28.3. The molecular weight excluding hydrogens is 1200 g/mol. The molecule has 8 N–H and O–H groups in total. The van der Waals surface area contributed by atoms with E-state index in [2.05, 4.69) is 102 Å². The van der Waals surface area contributed by atoms with E-state index in [1.54, 1.807) is 19.4 Å². The first-order chi connectivity index (χ1) is 45.2. The third kappa shape index (κ3) is 27.4. The second kappa shape index (κ2) is 43.2. The van der Waals surface area contributed by atoms with E-state index in [1.807, 2.05) is 59.8 Å². The molecule has 4 atom stereocenters. The van der Waals surface area contributed by atoms with Gasteiger partial charge in [-0.3, -0.25) is 39.2 Å². The number of carbonyl (C=O) groups excluding carboxylic acids is 3. The van der Waals surface area contributed by atoms with Crippen molar-refractivity contribution in [3.63, 3.8) is 0 Å². The van der Waals surface area contributed by atoms with Crippen molar-refractivity contribution in [2.24, 2.45) is 27.5 Å². The molecule has 1 spiro atoms. The fourth-order valence-corrected chi connectivity index (χ4v) is 13.4. The Balaban J connectivity index is 0.000000370. The number of aliphatic imine (C=N–C) groups is 1. The number of methoxy groups -OCH3 is 1. The van der Waals surface area contributed by atoms with E-state index < -0.39 is 17.1 Å². The number of allylic oxidation sites excluding steroid dienone is 2. The lowest BCUT2D eigenvalue weighted by atomic mass is 9.78. The van der Waals surface area contributed by atoms with Crippen LogP contribution in [0.1, 0.15) is 205 Å². The third-order valence-electron chi connectivity index (χ3n) is 19.0. The summed E-state index contributed by atoms with van der Waals surface area (Å²) in [6.45, 7) is 48.9. The Morgan fingerprint density at radius 2 is 1.55 bits per heavy atom. The Hall–Kier alpha value is -4.36. The number of hydrogen-bond donors (Lipinski definition) is 7. The Morgan fingerprint density at radius 3 is 2.07 bits per heavy atom. The standard InChI is InChI=1S/C31H45N3O8.C19H39N3O.C13H25N3O2.C9H19N.C2H6/c1-21(18-32-22(2)23(3)40-7)8-10-28-26(17-29(4,5)19-42-20-35)25-16-24(33-12-14-41-15-13-33)9-11-27(25)34(28)31(38,39)30(6,36)37;1-6-9-12-21(16(7-2)8-3)14-17-11-10-13-22(17)18(15(4)5)19(20)23;1-12(15-14-11-17)5-3-2-4-6-16-7-13(8-16)9-18-10-13;1-3-7-10(8-4-2)9-5-6-9;1-2/h8-9,11,16,18,20,23,36-39H,2,10,12-15,17,19H2,1,3-7H3;15-18H,6-14H2,1-5H3,(H2,20,23);11-12,15H,2-10H2,1H3,(H,14,17);9H,3-8H2,1-2H3;1-2H3/b21-8-,32-18?;;;;. The fraction of sp³-hybridized carbons (Fsp3) is 0.784. The van der Waals surface area contributed by atoms with Crippen molar-refractivity contribution in [2.45, 2.75) is 255 Å². The zero-order valence-electron chi connectivity index (χ0n) is 62.1. The van der Waals surface area contributed by atoms with Crippen molar-refractivity contribution in [1.29, 1.82) is 0 Å². The van der Waals surface area contributed by atoms with Crippen LogP contribution in [0.3, 0.4) is 0 Å². The van der Waals surface area contributed by atoms with Gasteiger partial charge in [-0.1, -0.05) is 108 Å². The van der Waals surface area contributed by atoms with Crippen molar-refractivity contribution in [2.75, 3.05) is 110 Å². The van der Waals surface area contributed by atoms with Gasteiger partial charge in [0.05, 0.1) is 56.4 Å². The van der Waals surface area contributed by atoms with E-state index in [4.69, 9.17) is 24.7 Å². The predicted octanol–water partition coefficient (Wildman–Crippen LogP) is 9.69. The first-order valence-electron chi connectivity index (χ1n) is 36.3. The normalized spacial score (nSPS) is 18.6. The van der Waals surface area contributed by atoms with Gasteiger partial charge >= 0.3 is 5.91 Å². The molecule has 21 nitrogen and oxygen atoms in total. The van der Waals surface area contributed by atoms with Crippen molar-refractivity contribution in [1.82, 2.24) is 35.0 Å². The van der Waals surface area contributed by atoms with Gasteiger partial charge in [0.1, 0.15) is 0 Å². The molecule has 4 aliphatic heterocycles. The van der Waals surface area contributed by atoms with Gasteiger partial charge in [-0.25, -0.2) is 5.43 Å². The summed E-state index contributed by atoms with van der Waals surface area (Å²) in [5.74, 6) is -5.86. The molecule has 0 bridgehead atoms. The largest absolute Gasteiger partial charge is 0.467 e. The number of rotatable bonds is 39. The average molecular weight is 1340 g/mol. The second-order valence-corrected chi connectivity index (χ2v) is 28.3. The number of anilines is 1. The number of morpholine rings is 1. The molecule has 1 saturated carbocycles. The molecule has 5 aliphatic rings. The quantitative estimate of drug-likeness (QED) is 0.0108. The molecule has 1 aromatic heterocycles. The summed E-state index contributed by atoms with van der Waals surface area (Å²) in [4.78, 5) is 49.8. The lowest BCUT2D eigenvalue weighted by Gasteiger charge is -2.55. The van der Waals surface area contributed by atoms with Crippen molar-refractivity contribution in [3.8, 4) is 0 Å². The number of ether oxygens (including phenoxy) is 4. The number of fused-ring (bicyclic) bond motifs is 1. The van der Waals surface area contributed by atoms with Gasteiger partial charge in [0.2, 0.25) is 18.1 Å². The van der Waals surface area contributed by atoms with Crippen LogP contribution in [0.5, 0.6) is 0 Å². The van der Waals surface area contributed by atoms with E-state index >= 15 is 0 Å². The smallest absolute Gasteiger partial charge is 0.307 e. The molecule has 2 amide bonds. The zero-order valence-corrected chi connectivity index (χ0v) is 62.1. The lowest BCUT2D eigenvalue weighted by molar-refractivity contribution is -0.392. The topological polar surface area (TPSA) is 253 Å². The van der Waals surface area contributed by atoms with E-state index in [0.29, 0.717) is 91.4 Å². The fourth-order valence-electron chi connectivity index (χ4n) is 13.4. The van der Waals surface area contributed by atoms with Crippen molar-refractivity contribution >= 4 is 41.6 Å². The van der Waals surface area contributed by atoms with Gasteiger partial charge in [0.15, 0.2) is 0 Å². The van der Waals surface area contributed by atoms with Crippen LogP contribution in [0.15, 0.2) is 47.1 Å². The highest BCUT2D eigenvalue weighted by atomic mass is 16.6. The monoisotopic (exact) mass is 1340 g/mol. The Bertz CT molecular complexity index is 2550. The van der Waals surface area contributed by atoms with Crippen LogP contribution in [0, 0.1) is 16.7 Å². The number of nitrogens with one attached hydrogen (secondary N) is 2. The predicted molar refractivity (Wildman–Crippen MR) is 386 cm³/mol. The number of benzene rings is 1.